The first kappa shape index (κ1) is 14.2. The molecule has 24 heavy (non-hydrogen) atoms. The molecule has 1 aliphatic rings. The van der Waals surface area contributed by atoms with Crippen molar-refractivity contribution in [2.45, 2.75) is 13.0 Å². The van der Waals surface area contributed by atoms with Gasteiger partial charge < -0.3 is 9.32 Å². The Morgan fingerprint density at radius 1 is 1.33 bits per heavy atom. The highest BCUT2D eigenvalue weighted by atomic mass is 16.3. The maximum absolute atomic E-state index is 12.3. The molecule has 1 aliphatic heterocycles. The Labute approximate surface area is 136 Å². The molecule has 0 bridgehead atoms. The average molecular weight is 323 g/mol. The van der Waals surface area contributed by atoms with Crippen LogP contribution in [0.1, 0.15) is 21.7 Å². The summed E-state index contributed by atoms with van der Waals surface area (Å²) in [6.45, 7) is 0.269. The maximum atomic E-state index is 12.3. The third-order valence-corrected chi connectivity index (χ3v) is 3.85. The van der Waals surface area contributed by atoms with Gasteiger partial charge in [0.15, 0.2) is 5.76 Å². The fraction of sp³-hybridized carbons (Fsp3) is 0.125. The summed E-state index contributed by atoms with van der Waals surface area (Å²) in [5.41, 5.74) is 2.47. The third kappa shape index (κ3) is 2.43. The quantitative estimate of drug-likeness (QED) is 0.761. The Kier molecular flexibility index (Phi) is 3.34. The van der Waals surface area contributed by atoms with Gasteiger partial charge in [-0.15, -0.1) is 0 Å². The second-order valence-corrected chi connectivity index (χ2v) is 5.35. The largest absolute Gasteiger partial charge is 0.459 e. The first-order valence-corrected chi connectivity index (χ1v) is 7.34. The smallest absolute Gasteiger partial charge is 0.294 e. The summed E-state index contributed by atoms with van der Waals surface area (Å²) >= 11 is 0. The summed E-state index contributed by atoms with van der Waals surface area (Å²) in [5.74, 6) is -0.0841. The van der Waals surface area contributed by atoms with E-state index >= 15 is 0 Å². The van der Waals surface area contributed by atoms with Crippen LogP contribution in [0.4, 0.5) is 11.6 Å². The highest BCUT2D eigenvalue weighted by molar-refractivity contribution is 6.04. The van der Waals surface area contributed by atoms with Gasteiger partial charge in [0, 0.05) is 11.3 Å². The van der Waals surface area contributed by atoms with Gasteiger partial charge in [0.05, 0.1) is 19.2 Å². The van der Waals surface area contributed by atoms with E-state index in [0.29, 0.717) is 12.0 Å². The molecule has 3 heterocycles. The van der Waals surface area contributed by atoms with E-state index in [1.807, 2.05) is 24.3 Å². The number of hydrogen-bond donors (Lipinski definition) is 2. The molecule has 8 nitrogen and oxygen atoms in total. The summed E-state index contributed by atoms with van der Waals surface area (Å²) in [5, 5.41) is 8.76. The zero-order chi connectivity index (χ0) is 16.5. The van der Waals surface area contributed by atoms with Crippen molar-refractivity contribution >= 4 is 23.5 Å². The zero-order valence-corrected chi connectivity index (χ0v) is 12.5. The van der Waals surface area contributed by atoms with Crippen molar-refractivity contribution in [2.75, 3.05) is 10.2 Å². The number of amides is 2. The minimum absolute atomic E-state index is 0.000933. The van der Waals surface area contributed by atoms with E-state index in [1.54, 1.807) is 11.0 Å². The van der Waals surface area contributed by atoms with E-state index in [1.165, 1.54) is 12.6 Å². The van der Waals surface area contributed by atoms with E-state index in [9.17, 15) is 9.59 Å². The van der Waals surface area contributed by atoms with Crippen molar-refractivity contribution in [2.24, 2.45) is 0 Å². The molecule has 0 radical (unpaired) electrons. The molecule has 0 saturated heterocycles. The third-order valence-electron chi connectivity index (χ3n) is 3.85. The number of nitrogens with zero attached hydrogens (tertiary/aromatic N) is 3. The second kappa shape index (κ2) is 5.65. The maximum Gasteiger partial charge on any atom is 0.294 e. The van der Waals surface area contributed by atoms with Crippen molar-refractivity contribution in [3.05, 3.63) is 59.8 Å². The predicted octanol–water partition coefficient (Wildman–Crippen LogP) is 1.74. The number of furan rings is 1. The van der Waals surface area contributed by atoms with E-state index in [4.69, 9.17) is 4.42 Å². The SMILES string of the molecule is O=C(Nc1ncn[nH]1)c1occc1CN1C(=O)Cc2ccccc21. The van der Waals surface area contributed by atoms with Gasteiger partial charge in [0.25, 0.3) is 5.91 Å². The number of benzene rings is 1. The van der Waals surface area contributed by atoms with Crippen molar-refractivity contribution in [3.8, 4) is 0 Å². The van der Waals surface area contributed by atoms with Crippen LogP contribution in [0.25, 0.3) is 0 Å². The number of para-hydroxylation sites is 1. The molecule has 0 aliphatic carbocycles. The molecular formula is C16H13N5O3. The van der Waals surface area contributed by atoms with E-state index in [2.05, 4.69) is 20.5 Å². The number of anilines is 2. The number of fused-ring (bicyclic) bond motifs is 1. The molecule has 120 valence electrons. The van der Waals surface area contributed by atoms with Crippen LogP contribution in [0.15, 0.2) is 47.3 Å². The van der Waals surface area contributed by atoms with Gasteiger partial charge in [-0.05, 0) is 17.7 Å². The molecule has 1 aromatic carbocycles. The Morgan fingerprint density at radius 2 is 2.21 bits per heavy atom. The lowest BCUT2D eigenvalue weighted by molar-refractivity contribution is -0.117. The number of aromatic nitrogens is 3. The van der Waals surface area contributed by atoms with Crippen molar-refractivity contribution in [1.82, 2.24) is 15.2 Å². The highest BCUT2D eigenvalue weighted by Gasteiger charge is 2.28. The predicted molar refractivity (Wildman–Crippen MR) is 84.4 cm³/mol. The summed E-state index contributed by atoms with van der Waals surface area (Å²) in [7, 11) is 0. The summed E-state index contributed by atoms with van der Waals surface area (Å²) in [4.78, 5) is 30.1. The summed E-state index contributed by atoms with van der Waals surface area (Å²) < 4.78 is 5.30. The molecule has 2 amide bonds. The number of H-pyrrole nitrogens is 1. The molecular weight excluding hydrogens is 310 g/mol. The van der Waals surface area contributed by atoms with Crippen molar-refractivity contribution in [1.29, 1.82) is 0 Å². The Bertz CT molecular complexity index is 900. The van der Waals surface area contributed by atoms with Crippen LogP contribution in [-0.4, -0.2) is 27.0 Å². The monoisotopic (exact) mass is 323 g/mol. The van der Waals surface area contributed by atoms with Crippen LogP contribution in [0.2, 0.25) is 0 Å². The molecule has 0 saturated carbocycles. The van der Waals surface area contributed by atoms with E-state index < -0.39 is 5.91 Å². The second-order valence-electron chi connectivity index (χ2n) is 5.35. The van der Waals surface area contributed by atoms with Crippen LogP contribution in [0.3, 0.4) is 0 Å². The van der Waals surface area contributed by atoms with Gasteiger partial charge in [-0.25, -0.2) is 5.10 Å². The van der Waals surface area contributed by atoms with Gasteiger partial charge in [-0.2, -0.15) is 10.1 Å². The number of rotatable bonds is 4. The van der Waals surface area contributed by atoms with Crippen LogP contribution in [-0.2, 0) is 17.8 Å². The number of hydrogen-bond acceptors (Lipinski definition) is 5. The summed E-state index contributed by atoms with van der Waals surface area (Å²) in [6.07, 6.45) is 3.09. The van der Waals surface area contributed by atoms with Crippen LogP contribution < -0.4 is 10.2 Å². The molecule has 3 aromatic rings. The van der Waals surface area contributed by atoms with Gasteiger partial charge in [-0.3, -0.25) is 14.9 Å². The number of aromatic amines is 1. The normalized spacial score (nSPS) is 13.2. The molecule has 2 N–H and O–H groups in total. The van der Waals surface area contributed by atoms with Crippen LogP contribution in [0.5, 0.6) is 0 Å². The highest BCUT2D eigenvalue weighted by Crippen LogP contribution is 2.30. The molecule has 4 rings (SSSR count). The first-order valence-electron chi connectivity index (χ1n) is 7.34. The number of carbonyl (C=O) groups is 2. The van der Waals surface area contributed by atoms with Crippen molar-refractivity contribution < 1.29 is 14.0 Å². The van der Waals surface area contributed by atoms with Gasteiger partial charge in [0.2, 0.25) is 11.9 Å². The molecule has 0 spiro atoms. The standard InChI is InChI=1S/C16H13N5O3/c22-13-7-10-3-1-2-4-12(10)21(13)8-11-5-6-24-14(11)15(23)19-16-17-9-18-20-16/h1-6,9H,7-8H2,(H2,17,18,19,20,23). The first-order chi connectivity index (χ1) is 11.7. The Balaban J connectivity index is 1.57. The number of nitrogens with one attached hydrogen (secondary N) is 2. The van der Waals surface area contributed by atoms with E-state index in [-0.39, 0.29) is 24.2 Å². The average Bonchev–Trinajstić information content (AvgIpc) is 3.29. The lowest BCUT2D eigenvalue weighted by Gasteiger charge is -2.17. The van der Waals surface area contributed by atoms with Crippen LogP contribution in [0, 0.1) is 0 Å². The van der Waals surface area contributed by atoms with Gasteiger partial charge in [0.1, 0.15) is 6.33 Å². The summed E-state index contributed by atoms with van der Waals surface area (Å²) in [6, 6.07) is 9.30. The van der Waals surface area contributed by atoms with E-state index in [0.717, 1.165) is 11.3 Å². The van der Waals surface area contributed by atoms with Gasteiger partial charge >= 0.3 is 0 Å². The molecule has 2 aromatic heterocycles. The molecule has 8 heteroatoms. The minimum atomic E-state index is -0.452. The fourth-order valence-electron chi connectivity index (χ4n) is 2.75. The number of carbonyl (C=O) groups excluding carboxylic acids is 2. The molecule has 0 unspecified atom stereocenters. The van der Waals surface area contributed by atoms with Crippen LogP contribution >= 0.6 is 0 Å². The molecule has 0 fully saturated rings. The Morgan fingerprint density at radius 3 is 3.04 bits per heavy atom. The molecule has 0 atom stereocenters. The Hall–Kier alpha value is -3.42. The topological polar surface area (TPSA) is 104 Å². The fourth-order valence-corrected chi connectivity index (χ4v) is 2.75. The van der Waals surface area contributed by atoms with Crippen molar-refractivity contribution in [3.63, 3.8) is 0 Å². The minimum Gasteiger partial charge on any atom is -0.459 e. The lowest BCUT2D eigenvalue weighted by atomic mass is 10.1. The zero-order valence-electron chi connectivity index (χ0n) is 12.5. The van der Waals surface area contributed by atoms with Gasteiger partial charge in [-0.1, -0.05) is 18.2 Å². The lowest BCUT2D eigenvalue weighted by Crippen LogP contribution is -2.27.